The zero-order chi connectivity index (χ0) is 22.9. The zero-order valence-corrected chi connectivity index (χ0v) is 16.9. The van der Waals surface area contributed by atoms with Crippen molar-refractivity contribution in [2.45, 2.75) is 37.0 Å². The molecule has 168 valence electrons. The predicted octanol–water partition coefficient (Wildman–Crippen LogP) is 3.45. The van der Waals surface area contributed by atoms with Gasteiger partial charge < -0.3 is 20.8 Å². The molecule has 2 aromatic heterocycles. The van der Waals surface area contributed by atoms with Crippen LogP contribution >= 0.6 is 0 Å². The van der Waals surface area contributed by atoms with Crippen LogP contribution in [0.2, 0.25) is 0 Å². The van der Waals surface area contributed by atoms with Gasteiger partial charge in [-0.1, -0.05) is 12.1 Å². The summed E-state index contributed by atoms with van der Waals surface area (Å²) in [6, 6.07) is 7.24. The fourth-order valence-corrected chi connectivity index (χ4v) is 3.99. The largest absolute Gasteiger partial charge is 0.407 e. The first-order valence-corrected chi connectivity index (χ1v) is 10.00. The molecule has 0 amide bonds. The minimum absolute atomic E-state index is 0.0800. The van der Waals surface area contributed by atoms with E-state index in [1.54, 1.807) is 10.7 Å². The van der Waals surface area contributed by atoms with E-state index in [1.165, 1.54) is 30.5 Å². The van der Waals surface area contributed by atoms with Crippen LogP contribution in [-0.4, -0.2) is 34.2 Å². The molecule has 0 radical (unpaired) electrons. The number of alkyl halides is 3. The van der Waals surface area contributed by atoms with Crippen LogP contribution in [0.15, 0.2) is 41.3 Å². The van der Waals surface area contributed by atoms with Gasteiger partial charge in [-0.15, -0.1) is 0 Å². The Balaban J connectivity index is 1.74. The van der Waals surface area contributed by atoms with Gasteiger partial charge in [0.2, 0.25) is 0 Å². The lowest BCUT2D eigenvalue weighted by Gasteiger charge is -2.35. The number of aromatic amines is 1. The molecule has 8 nitrogen and oxygen atoms in total. The van der Waals surface area contributed by atoms with E-state index in [0.29, 0.717) is 24.2 Å². The molecule has 3 heterocycles. The molecular weight excluding hydrogens is 425 g/mol. The SMILES string of the molecule is N#CC[C@@]1(n2nc(Nc3ccc([C@H](N)C(F)(F)F)cc3)c3c(=O)[nH]ccc32)CCCOC1. The molecule has 11 heteroatoms. The third kappa shape index (κ3) is 3.94. The van der Waals surface area contributed by atoms with Gasteiger partial charge in [-0.25, -0.2) is 0 Å². The summed E-state index contributed by atoms with van der Waals surface area (Å²) in [5, 5.41) is 17.3. The number of fused-ring (bicyclic) bond motifs is 1. The predicted molar refractivity (Wildman–Crippen MR) is 111 cm³/mol. The maximum atomic E-state index is 12.9. The molecule has 0 unspecified atom stereocenters. The van der Waals surface area contributed by atoms with E-state index in [-0.39, 0.29) is 35.4 Å². The number of nitriles is 1. The van der Waals surface area contributed by atoms with Gasteiger partial charge >= 0.3 is 6.18 Å². The number of pyridine rings is 1. The Kier molecular flexibility index (Phi) is 5.66. The van der Waals surface area contributed by atoms with Crippen LogP contribution in [0, 0.1) is 11.3 Å². The van der Waals surface area contributed by atoms with E-state index in [0.717, 1.165) is 6.42 Å². The molecule has 0 saturated carbocycles. The molecule has 4 rings (SSSR count). The summed E-state index contributed by atoms with van der Waals surface area (Å²) in [6.07, 6.45) is -1.48. The fourth-order valence-electron chi connectivity index (χ4n) is 3.99. The smallest absolute Gasteiger partial charge is 0.379 e. The summed E-state index contributed by atoms with van der Waals surface area (Å²) in [7, 11) is 0. The first kappa shape index (κ1) is 21.9. The molecule has 1 aliphatic heterocycles. The Hall–Kier alpha value is -3.36. The molecule has 32 heavy (non-hydrogen) atoms. The maximum absolute atomic E-state index is 12.9. The minimum Gasteiger partial charge on any atom is -0.379 e. The van der Waals surface area contributed by atoms with Crippen LogP contribution < -0.4 is 16.6 Å². The van der Waals surface area contributed by atoms with Crippen LogP contribution in [0.3, 0.4) is 0 Å². The van der Waals surface area contributed by atoms with Crippen molar-refractivity contribution in [1.29, 1.82) is 5.26 Å². The molecule has 4 N–H and O–H groups in total. The first-order valence-electron chi connectivity index (χ1n) is 10.00. The lowest BCUT2D eigenvalue weighted by molar-refractivity contribution is -0.149. The number of aromatic nitrogens is 3. The van der Waals surface area contributed by atoms with Gasteiger partial charge in [0.1, 0.15) is 11.4 Å². The van der Waals surface area contributed by atoms with Gasteiger partial charge in [0.05, 0.1) is 30.2 Å². The number of anilines is 2. The van der Waals surface area contributed by atoms with Crippen molar-refractivity contribution in [2.75, 3.05) is 18.5 Å². The number of halogens is 3. The van der Waals surface area contributed by atoms with Crippen LogP contribution in [0.1, 0.15) is 30.9 Å². The van der Waals surface area contributed by atoms with Gasteiger partial charge in [-0.2, -0.15) is 23.5 Å². The topological polar surface area (TPSA) is 122 Å². The number of benzene rings is 1. The monoisotopic (exact) mass is 446 g/mol. The van der Waals surface area contributed by atoms with Gasteiger partial charge in [-0.3, -0.25) is 9.48 Å². The summed E-state index contributed by atoms with van der Waals surface area (Å²) >= 11 is 0. The summed E-state index contributed by atoms with van der Waals surface area (Å²) in [4.78, 5) is 15.2. The summed E-state index contributed by atoms with van der Waals surface area (Å²) in [6.45, 7) is 0.873. The fraction of sp³-hybridized carbons (Fsp3) is 0.381. The lowest BCUT2D eigenvalue weighted by atomic mass is 9.89. The average Bonchev–Trinajstić information content (AvgIpc) is 3.14. The number of ether oxygens (including phenoxy) is 1. The summed E-state index contributed by atoms with van der Waals surface area (Å²) < 4.78 is 45.9. The van der Waals surface area contributed by atoms with Crippen molar-refractivity contribution in [3.05, 3.63) is 52.4 Å². The van der Waals surface area contributed by atoms with Crippen molar-refractivity contribution in [1.82, 2.24) is 14.8 Å². The van der Waals surface area contributed by atoms with E-state index in [9.17, 15) is 23.2 Å². The van der Waals surface area contributed by atoms with E-state index in [2.05, 4.69) is 21.5 Å². The summed E-state index contributed by atoms with van der Waals surface area (Å²) in [5.74, 6) is 0.234. The molecule has 0 spiro atoms. The summed E-state index contributed by atoms with van der Waals surface area (Å²) in [5.41, 5.74) is 5.05. The van der Waals surface area contributed by atoms with Gasteiger partial charge in [0.15, 0.2) is 5.82 Å². The van der Waals surface area contributed by atoms with E-state index in [1.807, 2.05) is 0 Å². The quantitative estimate of drug-likeness (QED) is 0.552. The molecular formula is C21H21F3N6O2. The third-order valence-corrected chi connectivity index (χ3v) is 5.65. The Morgan fingerprint density at radius 2 is 2.09 bits per heavy atom. The molecule has 3 aromatic rings. The molecule has 0 bridgehead atoms. The number of nitrogens with zero attached hydrogens (tertiary/aromatic N) is 3. The Bertz CT molecular complexity index is 1200. The zero-order valence-electron chi connectivity index (χ0n) is 16.9. The van der Waals surface area contributed by atoms with Gasteiger partial charge in [0, 0.05) is 18.5 Å². The number of hydrogen-bond donors (Lipinski definition) is 3. The van der Waals surface area contributed by atoms with Crippen molar-refractivity contribution in [3.8, 4) is 6.07 Å². The number of H-pyrrole nitrogens is 1. The van der Waals surface area contributed by atoms with E-state index < -0.39 is 17.8 Å². The van der Waals surface area contributed by atoms with E-state index in [4.69, 9.17) is 10.5 Å². The first-order chi connectivity index (χ1) is 15.2. The van der Waals surface area contributed by atoms with Crippen molar-refractivity contribution < 1.29 is 17.9 Å². The molecule has 2 atom stereocenters. The maximum Gasteiger partial charge on any atom is 0.407 e. The van der Waals surface area contributed by atoms with Crippen LogP contribution in [0.25, 0.3) is 10.9 Å². The number of nitrogens with two attached hydrogens (primary N) is 1. The van der Waals surface area contributed by atoms with Crippen molar-refractivity contribution in [2.24, 2.45) is 5.73 Å². The Morgan fingerprint density at radius 3 is 2.72 bits per heavy atom. The average molecular weight is 446 g/mol. The number of hydrogen-bond acceptors (Lipinski definition) is 6. The van der Waals surface area contributed by atoms with Crippen LogP contribution in [-0.2, 0) is 10.3 Å². The second kappa shape index (κ2) is 8.29. The highest BCUT2D eigenvalue weighted by atomic mass is 19.4. The van der Waals surface area contributed by atoms with Crippen LogP contribution in [0.5, 0.6) is 0 Å². The molecule has 0 aliphatic carbocycles. The highest BCUT2D eigenvalue weighted by Crippen LogP contribution is 2.36. The molecule has 1 fully saturated rings. The second-order valence-electron chi connectivity index (χ2n) is 7.81. The standard InChI is InChI=1S/C21H21F3N6O2/c22-21(23,24)17(26)13-2-4-14(5-3-13)28-18-16-15(6-10-27-19(16)31)30(29-18)20(8-9-25)7-1-11-32-12-20/h2-6,10,17H,1,7-8,11-12,26H2,(H,27,31)(H,28,29)/t17-,20-/m0/s1. The van der Waals surface area contributed by atoms with Gasteiger partial charge in [-0.05, 0) is 36.6 Å². The normalized spacial score (nSPS) is 20.1. The highest BCUT2D eigenvalue weighted by molar-refractivity contribution is 5.91. The Morgan fingerprint density at radius 1 is 1.34 bits per heavy atom. The second-order valence-corrected chi connectivity index (χ2v) is 7.81. The van der Waals surface area contributed by atoms with E-state index >= 15 is 0 Å². The lowest BCUT2D eigenvalue weighted by Crippen LogP contribution is -2.42. The third-order valence-electron chi connectivity index (χ3n) is 5.65. The number of rotatable bonds is 5. The highest BCUT2D eigenvalue weighted by Gasteiger charge is 2.39. The molecule has 1 aromatic carbocycles. The minimum atomic E-state index is -4.55. The van der Waals surface area contributed by atoms with Crippen molar-refractivity contribution in [3.63, 3.8) is 0 Å². The van der Waals surface area contributed by atoms with Gasteiger partial charge in [0.25, 0.3) is 5.56 Å². The number of nitrogens with one attached hydrogen (secondary N) is 2. The van der Waals surface area contributed by atoms with Crippen molar-refractivity contribution >= 4 is 22.4 Å². The Labute approximate surface area is 180 Å². The molecule has 1 aliphatic rings. The van der Waals surface area contributed by atoms with Crippen LogP contribution in [0.4, 0.5) is 24.7 Å². The molecule has 1 saturated heterocycles.